The van der Waals surface area contributed by atoms with Crippen LogP contribution in [0.25, 0.3) is 0 Å². The molecule has 0 aliphatic carbocycles. The third kappa shape index (κ3) is 8.54. The molecule has 1 N–H and O–H groups in total. The van der Waals surface area contributed by atoms with Crippen LogP contribution in [0.2, 0.25) is 10.0 Å². The first-order valence-electron chi connectivity index (χ1n) is 13.8. The summed E-state index contributed by atoms with van der Waals surface area (Å²) in [4.78, 5) is 30.6. The minimum atomic E-state index is -0.415. The number of nitrogens with zero attached hydrogens (tertiary/aromatic N) is 3. The number of aromatic nitrogens is 1. The lowest BCUT2D eigenvalue weighted by Crippen LogP contribution is -2.45. The van der Waals surface area contributed by atoms with E-state index in [1.54, 1.807) is 30.2 Å². The van der Waals surface area contributed by atoms with E-state index in [0.717, 1.165) is 22.6 Å². The molecule has 0 fully saturated rings. The van der Waals surface area contributed by atoms with Gasteiger partial charge in [-0.05, 0) is 53.4 Å². The summed E-state index contributed by atoms with van der Waals surface area (Å²) >= 11 is 12.5. The molecule has 0 bridgehead atoms. The number of carbonyl (C=O) groups excluding carboxylic acids is 2. The number of benzene rings is 3. The number of hydrogen-bond acceptors (Lipinski definition) is 3. The van der Waals surface area contributed by atoms with Gasteiger partial charge in [0.05, 0.1) is 29.4 Å². The van der Waals surface area contributed by atoms with E-state index < -0.39 is 6.03 Å². The number of ether oxygens (including phenoxy) is 1. The Morgan fingerprint density at radius 2 is 1.62 bits per heavy atom. The molecule has 0 aliphatic heterocycles. The third-order valence-electron chi connectivity index (χ3n) is 6.72. The highest BCUT2D eigenvalue weighted by Gasteiger charge is 2.24. The highest BCUT2D eigenvalue weighted by molar-refractivity contribution is 6.43. The molecule has 4 rings (SSSR count). The lowest BCUT2D eigenvalue weighted by molar-refractivity contribution is -0.133. The number of amides is 3. The maximum atomic E-state index is 13.9. The normalized spacial score (nSPS) is 10.9. The number of carbonyl (C=O) groups is 2. The van der Waals surface area contributed by atoms with E-state index >= 15 is 0 Å². The van der Waals surface area contributed by atoms with Gasteiger partial charge in [0.25, 0.3) is 0 Å². The van der Waals surface area contributed by atoms with Gasteiger partial charge in [0, 0.05) is 31.5 Å². The van der Waals surface area contributed by atoms with E-state index in [-0.39, 0.29) is 23.4 Å². The summed E-state index contributed by atoms with van der Waals surface area (Å²) in [6, 6.07) is 26.4. The van der Waals surface area contributed by atoms with Crippen LogP contribution in [-0.4, -0.2) is 46.5 Å². The topological polar surface area (TPSA) is 66.8 Å². The van der Waals surface area contributed by atoms with E-state index in [0.29, 0.717) is 36.9 Å². The van der Waals surface area contributed by atoms with Crippen molar-refractivity contribution in [2.24, 2.45) is 5.92 Å². The zero-order valence-corrected chi connectivity index (χ0v) is 25.6. The Labute approximate surface area is 257 Å². The first-order valence-corrected chi connectivity index (χ1v) is 14.6. The fourth-order valence-electron chi connectivity index (χ4n) is 4.66. The van der Waals surface area contributed by atoms with Gasteiger partial charge >= 0.3 is 6.03 Å². The standard InChI is InChI=1S/C33H36Cl2N4O3/c1-24(2)19-39(33(41)36-30-16-8-15-29(34)32(30)35)23-31(40)38(20-25-10-5-4-6-11-25)22-27-13-9-17-37(27)21-26-12-7-14-28(18-26)42-3/h4-18,24H,19-23H2,1-3H3,(H,36,41). The van der Waals surface area contributed by atoms with Crippen LogP contribution in [0.3, 0.4) is 0 Å². The molecule has 0 spiro atoms. The predicted octanol–water partition coefficient (Wildman–Crippen LogP) is 7.57. The largest absolute Gasteiger partial charge is 0.497 e. The van der Waals surface area contributed by atoms with Crippen LogP contribution in [0, 0.1) is 5.92 Å². The number of hydrogen-bond donors (Lipinski definition) is 1. The van der Waals surface area contributed by atoms with Crippen molar-refractivity contribution in [2.45, 2.75) is 33.5 Å². The van der Waals surface area contributed by atoms with Gasteiger partial charge in [0.15, 0.2) is 0 Å². The minimum absolute atomic E-state index is 0.0916. The first kappa shape index (κ1) is 31.0. The molecular formula is C33H36Cl2N4O3. The van der Waals surface area contributed by atoms with Crippen LogP contribution in [0.5, 0.6) is 5.75 Å². The molecule has 7 nitrogen and oxygen atoms in total. The molecule has 3 amide bonds. The van der Waals surface area contributed by atoms with Crippen molar-refractivity contribution in [1.82, 2.24) is 14.4 Å². The van der Waals surface area contributed by atoms with E-state index in [1.165, 1.54) is 4.90 Å². The highest BCUT2D eigenvalue weighted by atomic mass is 35.5. The highest BCUT2D eigenvalue weighted by Crippen LogP contribution is 2.29. The van der Waals surface area contributed by atoms with Gasteiger partial charge in [-0.3, -0.25) is 4.79 Å². The number of nitrogens with one attached hydrogen (secondary N) is 1. The third-order valence-corrected chi connectivity index (χ3v) is 7.54. The second-order valence-electron chi connectivity index (χ2n) is 10.5. The van der Waals surface area contributed by atoms with Crippen LogP contribution >= 0.6 is 23.2 Å². The van der Waals surface area contributed by atoms with Crippen molar-refractivity contribution < 1.29 is 14.3 Å². The lowest BCUT2D eigenvalue weighted by atomic mass is 10.2. The van der Waals surface area contributed by atoms with Crippen LogP contribution < -0.4 is 10.1 Å². The summed E-state index contributed by atoms with van der Waals surface area (Å²) in [5.41, 5.74) is 3.47. The summed E-state index contributed by atoms with van der Waals surface area (Å²) in [5.74, 6) is 0.770. The van der Waals surface area contributed by atoms with Crippen molar-refractivity contribution in [3.8, 4) is 5.75 Å². The van der Waals surface area contributed by atoms with Gasteiger partial charge in [-0.25, -0.2) is 4.79 Å². The molecule has 0 radical (unpaired) electrons. The van der Waals surface area contributed by atoms with Gasteiger partial charge in [0.1, 0.15) is 12.3 Å². The summed E-state index contributed by atoms with van der Waals surface area (Å²) < 4.78 is 7.51. The Morgan fingerprint density at radius 3 is 2.36 bits per heavy atom. The lowest BCUT2D eigenvalue weighted by Gasteiger charge is -2.29. The average molecular weight is 608 g/mol. The fraction of sp³-hybridized carbons (Fsp3) is 0.273. The second kappa shape index (κ2) is 14.8. The molecule has 42 heavy (non-hydrogen) atoms. The molecule has 0 atom stereocenters. The van der Waals surface area contributed by atoms with Crippen molar-refractivity contribution in [3.63, 3.8) is 0 Å². The van der Waals surface area contributed by atoms with Crippen molar-refractivity contribution in [3.05, 3.63) is 118 Å². The Morgan fingerprint density at radius 1 is 0.881 bits per heavy atom. The predicted molar refractivity (Wildman–Crippen MR) is 169 cm³/mol. The van der Waals surface area contributed by atoms with Crippen molar-refractivity contribution >= 4 is 40.8 Å². The maximum Gasteiger partial charge on any atom is 0.322 e. The molecule has 220 valence electrons. The second-order valence-corrected chi connectivity index (χ2v) is 11.3. The van der Waals surface area contributed by atoms with Gasteiger partial charge < -0.3 is 24.4 Å². The van der Waals surface area contributed by atoms with E-state index in [2.05, 4.69) is 9.88 Å². The molecule has 1 heterocycles. The van der Waals surface area contributed by atoms with Crippen molar-refractivity contribution in [1.29, 1.82) is 0 Å². The monoisotopic (exact) mass is 606 g/mol. The summed E-state index contributed by atoms with van der Waals surface area (Å²) in [7, 11) is 1.65. The molecule has 0 saturated carbocycles. The van der Waals surface area contributed by atoms with Gasteiger partial charge in [-0.15, -0.1) is 0 Å². The molecule has 0 aliphatic rings. The quantitative estimate of drug-likeness (QED) is 0.181. The van der Waals surface area contributed by atoms with Gasteiger partial charge in [-0.2, -0.15) is 0 Å². The van der Waals surface area contributed by atoms with E-state index in [9.17, 15) is 9.59 Å². The zero-order valence-electron chi connectivity index (χ0n) is 24.1. The zero-order chi connectivity index (χ0) is 30.1. The average Bonchev–Trinajstić information content (AvgIpc) is 3.41. The molecule has 1 aromatic heterocycles. The number of methoxy groups -OCH3 is 1. The van der Waals surface area contributed by atoms with Crippen LogP contribution in [-0.2, 0) is 24.4 Å². The number of urea groups is 1. The van der Waals surface area contributed by atoms with Crippen LogP contribution in [0.1, 0.15) is 30.7 Å². The smallest absolute Gasteiger partial charge is 0.322 e. The fourth-order valence-corrected chi connectivity index (χ4v) is 5.01. The van der Waals surface area contributed by atoms with Crippen molar-refractivity contribution in [2.75, 3.05) is 25.5 Å². The Kier molecular flexibility index (Phi) is 10.9. The van der Waals surface area contributed by atoms with Gasteiger partial charge in [-0.1, -0.05) is 85.6 Å². The summed E-state index contributed by atoms with van der Waals surface area (Å²) in [5, 5.41) is 3.42. The Hall–Kier alpha value is -3.94. The molecule has 9 heteroatoms. The summed E-state index contributed by atoms with van der Waals surface area (Å²) in [6.45, 7) is 5.72. The van der Waals surface area contributed by atoms with E-state index in [1.807, 2.05) is 86.8 Å². The Balaban J connectivity index is 1.55. The number of halogens is 2. The first-order chi connectivity index (χ1) is 20.2. The van der Waals surface area contributed by atoms with Crippen LogP contribution in [0.15, 0.2) is 91.1 Å². The molecule has 0 saturated heterocycles. The molecular weight excluding hydrogens is 571 g/mol. The maximum absolute atomic E-state index is 13.9. The SMILES string of the molecule is COc1cccc(Cn2cccc2CN(Cc2ccccc2)C(=O)CN(CC(C)C)C(=O)Nc2cccc(Cl)c2Cl)c1. The van der Waals surface area contributed by atoms with Crippen LogP contribution in [0.4, 0.5) is 10.5 Å². The van der Waals surface area contributed by atoms with Gasteiger partial charge in [0.2, 0.25) is 5.91 Å². The Bertz CT molecular complexity index is 1490. The minimum Gasteiger partial charge on any atom is -0.497 e. The molecule has 4 aromatic rings. The van der Waals surface area contributed by atoms with E-state index in [4.69, 9.17) is 27.9 Å². The number of rotatable bonds is 12. The molecule has 3 aromatic carbocycles. The molecule has 0 unspecified atom stereocenters. The number of anilines is 1. The summed E-state index contributed by atoms with van der Waals surface area (Å²) in [6.07, 6.45) is 2.01.